The van der Waals surface area contributed by atoms with Crippen LogP contribution in [0.2, 0.25) is 0 Å². The Bertz CT molecular complexity index is 3670. The van der Waals surface area contributed by atoms with Crippen LogP contribution in [0.4, 0.5) is 22.0 Å². The second kappa shape index (κ2) is 16.7. The highest BCUT2D eigenvalue weighted by Crippen LogP contribution is 2.32. The van der Waals surface area contributed by atoms with Gasteiger partial charge in [-0.3, -0.25) is 9.59 Å². The van der Waals surface area contributed by atoms with Crippen molar-refractivity contribution < 1.29 is 76.7 Å². The summed E-state index contributed by atoms with van der Waals surface area (Å²) in [5.41, 5.74) is -12.5. The molecule has 1 saturated heterocycles. The van der Waals surface area contributed by atoms with Gasteiger partial charge in [0.25, 0.3) is 0 Å². The van der Waals surface area contributed by atoms with Crippen molar-refractivity contribution in [1.82, 2.24) is 14.4 Å². The molecular weight excluding hydrogens is 710 g/mol. The van der Waals surface area contributed by atoms with Gasteiger partial charge in [0, 0.05) is 75.5 Å². The molecule has 1 aromatic heterocycles. The largest absolute Gasteiger partial charge is 0.416 e. The van der Waals surface area contributed by atoms with Gasteiger partial charge >= 0.3 is 6.18 Å². The number of carbonyl (C=O) groups is 1. The van der Waals surface area contributed by atoms with Crippen LogP contribution in [0.25, 0.3) is 22.0 Å². The maximum absolute atomic E-state index is 16.1. The number of hydrogen-bond acceptors (Lipinski definition) is 5. The first-order valence-corrected chi connectivity index (χ1v) is 15.3. The van der Waals surface area contributed by atoms with E-state index in [2.05, 4.69) is 4.74 Å². The normalized spacial score (nSPS) is 28.6. The van der Waals surface area contributed by atoms with Gasteiger partial charge in [-0.1, -0.05) is 59.9 Å². The Morgan fingerprint density at radius 1 is 1.04 bits per heavy atom. The molecule has 0 spiro atoms. The second-order valence-electron chi connectivity index (χ2n) is 10.1. The molecule has 12 heteroatoms. The number of likely N-dealkylation sites (tertiary alicyclic amines) is 1. The fraction of sp³-hybridized carbons (Fsp3) is 0.317. The monoisotopic (exact) mass is 782 g/mol. The molecule has 1 amide bonds. The van der Waals surface area contributed by atoms with Gasteiger partial charge in [0.1, 0.15) is 6.50 Å². The van der Waals surface area contributed by atoms with E-state index in [-0.39, 0.29) is 11.8 Å². The number of pyridine rings is 1. The van der Waals surface area contributed by atoms with Crippen molar-refractivity contribution in [1.29, 1.82) is 0 Å². The van der Waals surface area contributed by atoms with E-state index in [4.69, 9.17) is 32.9 Å². The Hall–Kier alpha value is -4.52. The standard InChI is InChI=1S/C41H40F5N3O3S/c1-27-6-15-36-34(22-27)37(50)23-39(53-26-31-4-3-5-35(42)40(31)43)49(36)25-38(51)48(33-16-18-47(19-17-33)20-21-52-2)24-28-7-9-29(10-8-28)30-11-13-32(14-12-30)41(44,45)46/h3-15,22-23,33H,16-21,24-26H2,1-2H3/i2D3,3D,4D,5D,6D,7D,8D,9D,10D,11D,12D,13D,14D,15D,16D2,17D2,18D2,19D2,20D2,22D,23D,24D2,25D2,33D. The zero-order chi connectivity index (χ0) is 66.7. The predicted molar refractivity (Wildman–Crippen MR) is 198 cm³/mol. The topological polar surface area (TPSA) is 54.8 Å². The molecule has 0 atom stereocenters. The van der Waals surface area contributed by atoms with E-state index >= 15 is 9.18 Å². The summed E-state index contributed by atoms with van der Waals surface area (Å²) >= 11 is -0.301. The van der Waals surface area contributed by atoms with Crippen molar-refractivity contribution in [2.24, 2.45) is 0 Å². The Kier molecular flexibility index (Phi) is 4.59. The maximum atomic E-state index is 16.1. The molecule has 0 unspecified atom stereocenters. The molecule has 0 N–H and O–H groups in total. The fourth-order valence-electron chi connectivity index (χ4n) is 4.10. The fourth-order valence-corrected chi connectivity index (χ4v) is 5.01. The van der Waals surface area contributed by atoms with Gasteiger partial charge in [-0.25, -0.2) is 8.78 Å². The summed E-state index contributed by atoms with van der Waals surface area (Å²) in [6.07, 6.45) is -16.0. The first-order valence-electron chi connectivity index (χ1n) is 30.8. The van der Waals surface area contributed by atoms with Crippen LogP contribution in [0.15, 0.2) is 100 Å². The van der Waals surface area contributed by atoms with Gasteiger partial charge in [0.15, 0.2) is 17.1 Å². The number of aromatic nitrogens is 1. The summed E-state index contributed by atoms with van der Waals surface area (Å²) in [6, 6.07) is -29.9. The van der Waals surface area contributed by atoms with Crippen LogP contribution in [0.5, 0.6) is 0 Å². The lowest BCUT2D eigenvalue weighted by molar-refractivity contribution is -0.137. The zero-order valence-corrected chi connectivity index (χ0v) is 27.1. The van der Waals surface area contributed by atoms with Crippen molar-refractivity contribution in [3.05, 3.63) is 135 Å². The SMILES string of the molecule is [2H]c1c([2H])c(F)c(F)c(CSc2c([2H])c(=O)c3c([2H])c(C)c([2H])c([2H])c3n2C([2H])([2H])C(=O)N(C([2H])([2H])c2c([2H])c([2H])c(-c3c([2H])c([2H])c(C(F)(F)F)c([2H])c3[2H])c([2H])c2[2H])C2([2H])C([2H])([2H])C([2H])([2H])N(C([2H])([2H])COC([2H])([2H])[2H])C([2H])([2H])C2([2H])[2H])c1[2H]. The molecule has 2 heterocycles. The Balaban J connectivity index is 1.86. The highest BCUT2D eigenvalue weighted by Gasteiger charge is 2.31. The van der Waals surface area contributed by atoms with Crippen molar-refractivity contribution in [2.75, 3.05) is 33.1 Å². The highest BCUT2D eigenvalue weighted by molar-refractivity contribution is 7.98. The van der Waals surface area contributed by atoms with E-state index in [0.29, 0.717) is 0 Å². The summed E-state index contributed by atoms with van der Waals surface area (Å²) in [5.74, 6) is -8.74. The summed E-state index contributed by atoms with van der Waals surface area (Å²) < 4.78 is 366. The van der Waals surface area contributed by atoms with E-state index < -0.39 is 254 Å². The van der Waals surface area contributed by atoms with Crippen LogP contribution < -0.4 is 5.43 Å². The number of benzene rings is 4. The summed E-state index contributed by atoms with van der Waals surface area (Å²) in [7, 11) is -3.65. The number of piperidine rings is 1. The van der Waals surface area contributed by atoms with Gasteiger partial charge in [-0.05, 0) is 66.6 Å². The Morgan fingerprint density at radius 3 is 2.42 bits per heavy atom. The number of carbonyl (C=O) groups excluding carboxylic acids is 1. The van der Waals surface area contributed by atoms with Crippen molar-refractivity contribution in [3.63, 3.8) is 0 Å². The van der Waals surface area contributed by atoms with E-state index in [0.717, 1.165) is 6.92 Å². The lowest BCUT2D eigenvalue weighted by Gasteiger charge is -2.39. The van der Waals surface area contributed by atoms with Crippen LogP contribution in [0, 0.1) is 18.6 Å². The zero-order valence-electron chi connectivity index (χ0n) is 59.3. The molecule has 0 bridgehead atoms. The molecule has 1 fully saturated rings. The average Bonchev–Trinajstić information content (AvgIpc) is 0.661. The number of ether oxygens (including phenoxy) is 1. The number of fused-ring (bicyclic) bond motifs is 1. The quantitative estimate of drug-likeness (QED) is 0.0937. The van der Waals surface area contributed by atoms with E-state index in [1.54, 1.807) is 0 Å². The summed E-state index contributed by atoms with van der Waals surface area (Å²) in [6.45, 7) is -25.1. The van der Waals surface area contributed by atoms with E-state index in [1.807, 2.05) is 0 Å². The molecule has 6 nitrogen and oxygen atoms in total. The minimum atomic E-state index is -5.63. The number of thioether (sulfide) groups is 1. The molecule has 4 aromatic carbocycles. The van der Waals surface area contributed by atoms with Crippen LogP contribution >= 0.6 is 11.8 Å². The van der Waals surface area contributed by atoms with Gasteiger partial charge in [0.2, 0.25) is 5.91 Å². The van der Waals surface area contributed by atoms with Gasteiger partial charge in [-0.15, -0.1) is 11.8 Å². The van der Waals surface area contributed by atoms with E-state index in [1.165, 1.54) is 0 Å². The van der Waals surface area contributed by atoms with Crippen LogP contribution in [-0.4, -0.2) is 59.4 Å². The third-order valence-electron chi connectivity index (χ3n) is 6.50. The summed E-state index contributed by atoms with van der Waals surface area (Å²) in [4.78, 5) is 27.9. The Labute approximate surface area is 355 Å². The molecule has 6 rings (SSSR count). The molecule has 1 aliphatic heterocycles. The Morgan fingerprint density at radius 2 is 1.74 bits per heavy atom. The minimum absolute atomic E-state index is 0.301. The lowest BCUT2D eigenvalue weighted by atomic mass is 10.00. The molecular formula is C41H40F5N3O3S. The predicted octanol–water partition coefficient (Wildman–Crippen LogP) is 8.71. The van der Waals surface area contributed by atoms with Crippen molar-refractivity contribution >= 4 is 28.6 Å². The van der Waals surface area contributed by atoms with E-state index in [9.17, 15) is 34.7 Å². The molecule has 1 aliphatic rings. The average molecular weight is 783 g/mol. The molecule has 0 aliphatic carbocycles. The van der Waals surface area contributed by atoms with Crippen molar-refractivity contribution in [2.45, 2.75) is 55.6 Å². The number of nitrogens with zero attached hydrogens (tertiary/aromatic N) is 3. The number of halogens is 5. The molecule has 0 saturated carbocycles. The van der Waals surface area contributed by atoms with Crippen LogP contribution in [-0.2, 0) is 34.5 Å². The molecule has 278 valence electrons. The first kappa shape index (κ1) is 14.6. The van der Waals surface area contributed by atoms with Gasteiger partial charge < -0.3 is 19.1 Å². The van der Waals surface area contributed by atoms with Crippen LogP contribution in [0.3, 0.4) is 0 Å². The highest BCUT2D eigenvalue weighted by atomic mass is 32.2. The molecule has 0 radical (unpaired) electrons. The third-order valence-corrected chi connectivity index (χ3v) is 7.49. The number of hydrogen-bond donors (Lipinski definition) is 0. The number of methoxy groups -OCH3 is 1. The van der Waals surface area contributed by atoms with Gasteiger partial charge in [-0.2, -0.15) is 13.2 Å². The first-order chi connectivity index (χ1) is 38.5. The number of alkyl halides is 3. The second-order valence-corrected chi connectivity index (χ2v) is 11.0. The molecule has 5 aromatic rings. The third kappa shape index (κ3) is 9.17. The van der Waals surface area contributed by atoms with Gasteiger partial charge in [0.05, 0.1) is 54.2 Å². The maximum Gasteiger partial charge on any atom is 0.416 e. The van der Waals surface area contributed by atoms with Crippen molar-refractivity contribution in [3.8, 4) is 11.1 Å². The summed E-state index contributed by atoms with van der Waals surface area (Å²) in [5, 5.41) is -2.83. The minimum Gasteiger partial charge on any atom is -0.383 e. The lowest BCUT2D eigenvalue weighted by Crippen LogP contribution is -2.48. The smallest absolute Gasteiger partial charge is 0.383 e. The number of rotatable bonds is 12. The number of amides is 1. The molecule has 53 heavy (non-hydrogen) atoms. The van der Waals surface area contributed by atoms with Crippen LogP contribution in [0.1, 0.15) is 80.2 Å².